The second-order valence-corrected chi connectivity index (χ2v) is 8.09. The lowest BCUT2D eigenvalue weighted by Crippen LogP contribution is -2.29. The Morgan fingerprint density at radius 2 is 1.90 bits per heavy atom. The van der Waals surface area contributed by atoms with E-state index in [1.165, 1.54) is 17.6 Å². The number of aromatic amines is 1. The van der Waals surface area contributed by atoms with E-state index in [0.717, 1.165) is 17.4 Å². The van der Waals surface area contributed by atoms with Gasteiger partial charge in [-0.25, -0.2) is 23.6 Å². The molecule has 0 aliphatic carbocycles. The number of benzene rings is 2. The van der Waals surface area contributed by atoms with Crippen LogP contribution in [0.25, 0.3) is 17.1 Å². The molecule has 1 aromatic heterocycles. The molecule has 0 aliphatic heterocycles. The number of hydrogen-bond donors (Lipinski definition) is 4. The highest BCUT2D eigenvalue weighted by atomic mass is 32.2. The fourth-order valence-electron chi connectivity index (χ4n) is 2.66. The first-order chi connectivity index (χ1) is 13.7. The van der Waals surface area contributed by atoms with Crippen LogP contribution in [0.5, 0.6) is 0 Å². The van der Waals surface area contributed by atoms with Gasteiger partial charge >= 0.3 is 0 Å². The Morgan fingerprint density at radius 1 is 1.17 bits per heavy atom. The van der Waals surface area contributed by atoms with E-state index >= 15 is 0 Å². The van der Waals surface area contributed by atoms with Crippen molar-refractivity contribution in [3.8, 4) is 0 Å². The second-order valence-electron chi connectivity index (χ2n) is 6.35. The number of aromatic nitrogens is 2. The summed E-state index contributed by atoms with van der Waals surface area (Å²) in [6.07, 6.45) is 4.21. The predicted molar refractivity (Wildman–Crippen MR) is 107 cm³/mol. The topological polar surface area (TPSA) is 141 Å². The molecule has 0 radical (unpaired) electrons. The van der Waals surface area contributed by atoms with Gasteiger partial charge in [0, 0.05) is 18.1 Å². The summed E-state index contributed by atoms with van der Waals surface area (Å²) in [5.41, 5.74) is 4.78. The van der Waals surface area contributed by atoms with Crippen LogP contribution in [0.15, 0.2) is 48.5 Å². The Labute approximate surface area is 166 Å². The molecule has 29 heavy (non-hydrogen) atoms. The Morgan fingerprint density at radius 3 is 2.55 bits per heavy atom. The summed E-state index contributed by atoms with van der Waals surface area (Å²) in [5.74, 6) is -0.631. The Kier molecular flexibility index (Phi) is 5.76. The van der Waals surface area contributed by atoms with Crippen molar-refractivity contribution in [1.29, 1.82) is 0 Å². The third kappa shape index (κ3) is 5.50. The minimum Gasteiger partial charge on any atom is -0.342 e. The quantitative estimate of drug-likeness (QED) is 0.273. The Bertz CT molecular complexity index is 1200. The standard InChI is InChI=1S/C19H18N4O5S/c1-29(27,28)23-19(25)14-7-8-15-16(11-14)21-17(20-15)10-13-4-2-12(3-5-13)6-9-18(24)22-26/h2-9,11,26H,10H2,1H3,(H,20,21)(H,22,24)(H,23,25)/b9-6+. The summed E-state index contributed by atoms with van der Waals surface area (Å²) < 4.78 is 24.4. The normalized spacial score (nSPS) is 11.7. The van der Waals surface area contributed by atoms with Crippen LogP contribution in [0, 0.1) is 0 Å². The minimum absolute atomic E-state index is 0.209. The molecule has 0 bridgehead atoms. The van der Waals surface area contributed by atoms with Crippen molar-refractivity contribution < 1.29 is 23.2 Å². The van der Waals surface area contributed by atoms with Crippen LogP contribution in [0.1, 0.15) is 27.3 Å². The van der Waals surface area contributed by atoms with Crippen molar-refractivity contribution in [2.24, 2.45) is 0 Å². The number of hydrogen-bond acceptors (Lipinski definition) is 6. The summed E-state index contributed by atoms with van der Waals surface area (Å²) in [7, 11) is -3.64. The number of amides is 2. The fraction of sp³-hybridized carbons (Fsp3) is 0.105. The third-order valence-corrected chi connectivity index (χ3v) is 4.52. The van der Waals surface area contributed by atoms with Gasteiger partial charge in [0.15, 0.2) is 0 Å². The molecule has 0 atom stereocenters. The average Bonchev–Trinajstić information content (AvgIpc) is 3.07. The average molecular weight is 414 g/mol. The molecule has 1 heterocycles. The van der Waals surface area contributed by atoms with Gasteiger partial charge in [-0.05, 0) is 35.4 Å². The lowest BCUT2D eigenvalue weighted by atomic mass is 10.1. The van der Waals surface area contributed by atoms with E-state index in [1.807, 2.05) is 29.0 Å². The van der Waals surface area contributed by atoms with E-state index in [-0.39, 0.29) is 5.56 Å². The summed E-state index contributed by atoms with van der Waals surface area (Å²) in [4.78, 5) is 30.6. The number of fused-ring (bicyclic) bond motifs is 1. The molecule has 3 rings (SSSR count). The molecule has 0 aliphatic rings. The van der Waals surface area contributed by atoms with Gasteiger partial charge in [-0.1, -0.05) is 24.3 Å². The number of rotatable bonds is 6. The zero-order valence-electron chi connectivity index (χ0n) is 15.3. The number of nitrogens with one attached hydrogen (secondary N) is 3. The van der Waals surface area contributed by atoms with Crippen LogP contribution in [0.3, 0.4) is 0 Å². The summed E-state index contributed by atoms with van der Waals surface area (Å²) in [6, 6.07) is 12.1. The van der Waals surface area contributed by atoms with Crippen LogP contribution in [0.2, 0.25) is 0 Å². The third-order valence-electron chi connectivity index (χ3n) is 3.96. The Balaban J connectivity index is 1.74. The van der Waals surface area contributed by atoms with Gasteiger partial charge in [0.25, 0.3) is 11.8 Å². The maximum absolute atomic E-state index is 12.0. The highest BCUT2D eigenvalue weighted by Gasteiger charge is 2.13. The van der Waals surface area contributed by atoms with Crippen LogP contribution in [0.4, 0.5) is 0 Å². The van der Waals surface area contributed by atoms with Crippen molar-refractivity contribution in [2.45, 2.75) is 6.42 Å². The molecule has 2 aromatic carbocycles. The van der Waals surface area contributed by atoms with Crippen molar-refractivity contribution >= 4 is 38.9 Å². The van der Waals surface area contributed by atoms with E-state index in [2.05, 4.69) is 9.97 Å². The lowest BCUT2D eigenvalue weighted by molar-refractivity contribution is -0.124. The number of hydroxylamine groups is 1. The molecular weight excluding hydrogens is 396 g/mol. The highest BCUT2D eigenvalue weighted by molar-refractivity contribution is 7.89. The number of H-pyrrole nitrogens is 1. The van der Waals surface area contributed by atoms with E-state index in [1.54, 1.807) is 18.2 Å². The first-order valence-corrected chi connectivity index (χ1v) is 10.3. The van der Waals surface area contributed by atoms with Crippen molar-refractivity contribution in [3.63, 3.8) is 0 Å². The molecule has 3 aromatic rings. The number of imidazole rings is 1. The zero-order chi connectivity index (χ0) is 21.0. The maximum Gasteiger partial charge on any atom is 0.267 e. The van der Waals surface area contributed by atoms with Gasteiger partial charge in [0.2, 0.25) is 10.0 Å². The first-order valence-electron chi connectivity index (χ1n) is 8.45. The van der Waals surface area contributed by atoms with Gasteiger partial charge in [0.1, 0.15) is 5.82 Å². The molecular formula is C19H18N4O5S. The van der Waals surface area contributed by atoms with E-state index in [4.69, 9.17) is 5.21 Å². The van der Waals surface area contributed by atoms with Crippen molar-refractivity contribution in [1.82, 2.24) is 20.2 Å². The molecule has 150 valence electrons. The minimum atomic E-state index is -3.64. The zero-order valence-corrected chi connectivity index (χ0v) is 16.2. The number of carbonyl (C=O) groups is 2. The van der Waals surface area contributed by atoms with Crippen LogP contribution in [-0.2, 0) is 21.2 Å². The predicted octanol–water partition coefficient (Wildman–Crippen LogP) is 1.36. The summed E-state index contributed by atoms with van der Waals surface area (Å²) in [6.45, 7) is 0. The molecule has 10 heteroatoms. The summed E-state index contributed by atoms with van der Waals surface area (Å²) in [5, 5.41) is 8.47. The van der Waals surface area contributed by atoms with Gasteiger partial charge in [-0.3, -0.25) is 14.8 Å². The highest BCUT2D eigenvalue weighted by Crippen LogP contribution is 2.17. The Hall–Kier alpha value is -3.50. The van der Waals surface area contributed by atoms with E-state index in [0.29, 0.717) is 23.3 Å². The van der Waals surface area contributed by atoms with Gasteiger partial charge < -0.3 is 4.98 Å². The molecule has 0 fully saturated rings. The van der Waals surface area contributed by atoms with Crippen LogP contribution >= 0.6 is 0 Å². The monoisotopic (exact) mass is 414 g/mol. The molecule has 0 saturated heterocycles. The van der Waals surface area contributed by atoms with E-state index in [9.17, 15) is 18.0 Å². The summed E-state index contributed by atoms with van der Waals surface area (Å²) >= 11 is 0. The smallest absolute Gasteiger partial charge is 0.267 e. The molecule has 9 nitrogen and oxygen atoms in total. The van der Waals surface area contributed by atoms with E-state index < -0.39 is 21.8 Å². The molecule has 0 saturated carbocycles. The van der Waals surface area contributed by atoms with Gasteiger partial charge in [-0.2, -0.15) is 0 Å². The number of carbonyl (C=O) groups excluding carboxylic acids is 2. The van der Waals surface area contributed by atoms with Crippen molar-refractivity contribution in [3.05, 3.63) is 71.1 Å². The van der Waals surface area contributed by atoms with Gasteiger partial charge in [-0.15, -0.1) is 0 Å². The van der Waals surface area contributed by atoms with Crippen LogP contribution in [-0.4, -0.2) is 41.7 Å². The fourth-order valence-corrected chi connectivity index (χ4v) is 3.12. The number of sulfonamides is 1. The number of nitrogens with zero attached hydrogens (tertiary/aromatic N) is 1. The molecule has 4 N–H and O–H groups in total. The molecule has 0 spiro atoms. The SMILES string of the molecule is CS(=O)(=O)NC(=O)c1ccc2nc(Cc3ccc(/C=C/C(=O)NO)cc3)[nH]c2c1. The maximum atomic E-state index is 12.0. The van der Waals surface area contributed by atoms with Gasteiger partial charge in [0.05, 0.1) is 17.3 Å². The largest absolute Gasteiger partial charge is 0.342 e. The molecule has 0 unspecified atom stereocenters. The first kappa shape index (κ1) is 20.2. The van der Waals surface area contributed by atoms with Crippen LogP contribution < -0.4 is 10.2 Å². The van der Waals surface area contributed by atoms with Crippen molar-refractivity contribution in [2.75, 3.05) is 6.26 Å². The second kappa shape index (κ2) is 8.25. The molecule has 2 amide bonds. The lowest BCUT2D eigenvalue weighted by Gasteiger charge is -2.02.